The molecule has 3 N–H and O–H groups in total. The zero-order valence-corrected chi connectivity index (χ0v) is 6.97. The zero-order chi connectivity index (χ0) is 8.55. The Bertz CT molecular complexity index is 247. The number of hydrogen-bond acceptors (Lipinski definition) is 2. The number of nitrogens with one attached hydrogen (secondary N) is 1. The average Bonchev–Trinajstić information content (AvgIpc) is 2.49. The van der Waals surface area contributed by atoms with Crippen molar-refractivity contribution in [1.82, 2.24) is 10.2 Å². The van der Waals surface area contributed by atoms with Gasteiger partial charge in [-0.15, -0.1) is 0 Å². The van der Waals surface area contributed by atoms with Crippen molar-refractivity contribution < 1.29 is 4.79 Å². The summed E-state index contributed by atoms with van der Waals surface area (Å²) in [6, 6.07) is -0.332. The van der Waals surface area contributed by atoms with Gasteiger partial charge >= 0.3 is 6.03 Å². The minimum atomic E-state index is -0.332. The van der Waals surface area contributed by atoms with Crippen molar-refractivity contribution in [3.63, 3.8) is 0 Å². The summed E-state index contributed by atoms with van der Waals surface area (Å²) >= 11 is 0. The monoisotopic (exact) mass is 167 g/mol. The lowest BCUT2D eigenvalue weighted by Crippen LogP contribution is -2.46. The van der Waals surface area contributed by atoms with Gasteiger partial charge in [0.1, 0.15) is 0 Å². The van der Waals surface area contributed by atoms with Gasteiger partial charge in [-0.25, -0.2) is 4.79 Å². The Morgan fingerprint density at radius 1 is 1.50 bits per heavy atom. The van der Waals surface area contributed by atoms with Gasteiger partial charge < -0.3 is 16.0 Å². The number of nitrogens with zero attached hydrogens (tertiary/aromatic N) is 1. The van der Waals surface area contributed by atoms with Crippen molar-refractivity contribution in [2.45, 2.75) is 19.3 Å². The summed E-state index contributed by atoms with van der Waals surface area (Å²) in [5.41, 5.74) is 7.88. The van der Waals surface area contributed by atoms with E-state index in [0.29, 0.717) is 6.67 Å². The summed E-state index contributed by atoms with van der Waals surface area (Å²) in [5, 5.41) is 3.22. The van der Waals surface area contributed by atoms with E-state index < -0.39 is 0 Å². The molecule has 2 amide bonds. The molecule has 4 heteroatoms. The van der Waals surface area contributed by atoms with Crippen molar-refractivity contribution in [3.05, 3.63) is 11.3 Å². The molecule has 1 aliphatic heterocycles. The fourth-order valence-corrected chi connectivity index (χ4v) is 1.83. The summed E-state index contributed by atoms with van der Waals surface area (Å²) < 4.78 is 0. The number of carbonyl (C=O) groups is 1. The molecule has 1 heterocycles. The molecule has 0 bridgehead atoms. The largest absolute Gasteiger partial charge is 0.371 e. The van der Waals surface area contributed by atoms with E-state index in [1.807, 2.05) is 0 Å². The lowest BCUT2D eigenvalue weighted by atomic mass is 10.2. The third-order valence-corrected chi connectivity index (χ3v) is 2.51. The third-order valence-electron chi connectivity index (χ3n) is 2.51. The Kier molecular flexibility index (Phi) is 1.67. The van der Waals surface area contributed by atoms with Gasteiger partial charge in [-0.2, -0.15) is 0 Å². The van der Waals surface area contributed by atoms with Gasteiger partial charge in [-0.1, -0.05) is 0 Å². The molecule has 12 heavy (non-hydrogen) atoms. The molecule has 0 fully saturated rings. The highest BCUT2D eigenvalue weighted by atomic mass is 16.2. The van der Waals surface area contributed by atoms with E-state index in [1.165, 1.54) is 17.7 Å². The van der Waals surface area contributed by atoms with Crippen LogP contribution in [0.4, 0.5) is 4.79 Å². The molecule has 0 aromatic rings. The Labute approximate surface area is 71.4 Å². The number of rotatable bonds is 0. The molecule has 1 aliphatic carbocycles. The van der Waals surface area contributed by atoms with Crippen LogP contribution in [0.15, 0.2) is 11.3 Å². The van der Waals surface area contributed by atoms with E-state index in [4.69, 9.17) is 5.73 Å². The molecule has 66 valence electrons. The fourth-order valence-electron chi connectivity index (χ4n) is 1.83. The fraction of sp³-hybridized carbons (Fsp3) is 0.625. The van der Waals surface area contributed by atoms with Crippen molar-refractivity contribution >= 4 is 6.03 Å². The number of primary amides is 1. The Morgan fingerprint density at radius 3 is 3.08 bits per heavy atom. The van der Waals surface area contributed by atoms with Crippen LogP contribution in [0, 0.1) is 0 Å². The summed E-state index contributed by atoms with van der Waals surface area (Å²) in [7, 11) is 0. The quantitative estimate of drug-likeness (QED) is 0.547. The van der Waals surface area contributed by atoms with E-state index in [0.717, 1.165) is 19.4 Å². The van der Waals surface area contributed by atoms with Crippen molar-refractivity contribution in [1.29, 1.82) is 0 Å². The smallest absolute Gasteiger partial charge is 0.316 e. The average molecular weight is 167 g/mol. The van der Waals surface area contributed by atoms with Gasteiger partial charge in [0, 0.05) is 12.2 Å². The highest BCUT2D eigenvalue weighted by molar-refractivity contribution is 5.72. The molecule has 0 atom stereocenters. The van der Waals surface area contributed by atoms with Crippen LogP contribution in [0.3, 0.4) is 0 Å². The van der Waals surface area contributed by atoms with Crippen LogP contribution in [0.2, 0.25) is 0 Å². The van der Waals surface area contributed by atoms with E-state index in [2.05, 4.69) is 5.32 Å². The maximum Gasteiger partial charge on any atom is 0.316 e. The predicted molar refractivity (Wildman–Crippen MR) is 45.2 cm³/mol. The molecule has 0 aromatic heterocycles. The SMILES string of the molecule is NC(=O)N1CNC2=C(CCC2)C1. The molecule has 0 unspecified atom stereocenters. The molecule has 4 nitrogen and oxygen atoms in total. The normalized spacial score (nSPS) is 22.2. The van der Waals surface area contributed by atoms with Crippen LogP contribution >= 0.6 is 0 Å². The summed E-state index contributed by atoms with van der Waals surface area (Å²) in [4.78, 5) is 12.5. The van der Waals surface area contributed by atoms with Gasteiger partial charge in [0.2, 0.25) is 0 Å². The van der Waals surface area contributed by atoms with E-state index >= 15 is 0 Å². The van der Waals surface area contributed by atoms with Crippen LogP contribution in [0.25, 0.3) is 0 Å². The molecule has 0 spiro atoms. The molecule has 2 rings (SSSR count). The van der Waals surface area contributed by atoms with Gasteiger partial charge in [0.05, 0.1) is 6.67 Å². The second kappa shape index (κ2) is 2.69. The lowest BCUT2D eigenvalue weighted by molar-refractivity contribution is 0.206. The number of amides is 2. The number of carbonyl (C=O) groups excluding carboxylic acids is 1. The third kappa shape index (κ3) is 1.13. The van der Waals surface area contributed by atoms with E-state index in [9.17, 15) is 4.79 Å². The Morgan fingerprint density at radius 2 is 2.33 bits per heavy atom. The number of urea groups is 1. The first-order chi connectivity index (χ1) is 5.77. The summed E-state index contributed by atoms with van der Waals surface area (Å²) in [6.07, 6.45) is 3.47. The maximum atomic E-state index is 10.8. The van der Waals surface area contributed by atoms with Crippen molar-refractivity contribution in [2.75, 3.05) is 13.2 Å². The van der Waals surface area contributed by atoms with E-state index in [-0.39, 0.29) is 6.03 Å². The lowest BCUT2D eigenvalue weighted by Gasteiger charge is -2.28. The first kappa shape index (κ1) is 7.46. The number of hydrogen-bond donors (Lipinski definition) is 2. The Hall–Kier alpha value is -1.19. The molecular formula is C8H13N3O. The Balaban J connectivity index is 2.09. The van der Waals surface area contributed by atoms with Gasteiger partial charge in [-0.05, 0) is 24.8 Å². The minimum Gasteiger partial charge on any atom is -0.371 e. The zero-order valence-electron chi connectivity index (χ0n) is 6.97. The predicted octanol–water partition coefficient (Wildman–Crippen LogP) is 0.366. The van der Waals surface area contributed by atoms with Gasteiger partial charge in [-0.3, -0.25) is 0 Å². The van der Waals surface area contributed by atoms with E-state index in [1.54, 1.807) is 4.90 Å². The van der Waals surface area contributed by atoms with Crippen molar-refractivity contribution in [3.8, 4) is 0 Å². The summed E-state index contributed by atoms with van der Waals surface area (Å²) in [5.74, 6) is 0. The molecule has 0 radical (unpaired) electrons. The maximum absolute atomic E-state index is 10.8. The molecule has 0 saturated carbocycles. The van der Waals surface area contributed by atoms with Crippen LogP contribution < -0.4 is 11.1 Å². The standard InChI is InChI=1S/C8H13N3O/c9-8(12)11-4-6-2-1-3-7(6)10-5-11/h10H,1-5H2,(H2,9,12). The first-order valence-corrected chi connectivity index (χ1v) is 4.26. The van der Waals surface area contributed by atoms with Crippen LogP contribution in [0.5, 0.6) is 0 Å². The second-order valence-corrected chi connectivity index (χ2v) is 3.31. The first-order valence-electron chi connectivity index (χ1n) is 4.26. The van der Waals surface area contributed by atoms with Crippen molar-refractivity contribution in [2.24, 2.45) is 5.73 Å². The van der Waals surface area contributed by atoms with Gasteiger partial charge in [0.25, 0.3) is 0 Å². The number of nitrogens with two attached hydrogens (primary N) is 1. The van der Waals surface area contributed by atoms with Crippen LogP contribution in [-0.4, -0.2) is 24.1 Å². The molecule has 0 saturated heterocycles. The number of allylic oxidation sites excluding steroid dienone is 1. The van der Waals surface area contributed by atoms with Gasteiger partial charge in [0.15, 0.2) is 0 Å². The molecular weight excluding hydrogens is 154 g/mol. The topological polar surface area (TPSA) is 58.4 Å². The second-order valence-electron chi connectivity index (χ2n) is 3.31. The van der Waals surface area contributed by atoms with Crippen LogP contribution in [0.1, 0.15) is 19.3 Å². The summed E-state index contributed by atoms with van der Waals surface area (Å²) in [6.45, 7) is 1.31. The molecule has 2 aliphatic rings. The highest BCUT2D eigenvalue weighted by Gasteiger charge is 2.23. The van der Waals surface area contributed by atoms with Crippen LogP contribution in [-0.2, 0) is 0 Å². The minimum absolute atomic E-state index is 0.332. The molecule has 0 aromatic carbocycles. The highest BCUT2D eigenvalue weighted by Crippen LogP contribution is 2.26.